The summed E-state index contributed by atoms with van der Waals surface area (Å²) in [5.74, 6) is 2.51. The maximum Gasteiger partial charge on any atom is 0.264 e. The molecule has 0 saturated heterocycles. The number of imidazole rings is 1. The molecule has 0 aliphatic carbocycles. The first-order chi connectivity index (χ1) is 25.0. The molecule has 4 heterocycles. The number of hydrogen-bond acceptors (Lipinski definition) is 5. The molecule has 6 aromatic carbocycles. The van der Waals surface area contributed by atoms with E-state index >= 15 is 0 Å². The number of rotatable bonds is 4. The van der Waals surface area contributed by atoms with Crippen molar-refractivity contribution >= 4 is 38.7 Å². The molecule has 0 amide bonds. The Labute approximate surface area is 293 Å². The molecule has 0 radical (unpaired) electrons. The molecular weight excluding hydrogens is 629 g/mol. The van der Waals surface area contributed by atoms with E-state index in [0.29, 0.717) is 23.0 Å². The third-order valence-corrected chi connectivity index (χ3v) is 10.1. The van der Waals surface area contributed by atoms with Crippen LogP contribution in [0, 0.1) is 0 Å². The number of fused-ring (bicyclic) bond motifs is 7. The fraction of sp³-hybridized carbons (Fsp3) is 0.0682. The van der Waals surface area contributed by atoms with Crippen molar-refractivity contribution in [2.24, 2.45) is 0 Å². The Kier molecular flexibility index (Phi) is 6.24. The van der Waals surface area contributed by atoms with Gasteiger partial charge in [-0.15, -0.1) is 0 Å². The molecule has 1 aliphatic rings. The Hall–Kier alpha value is -6.73. The lowest BCUT2D eigenvalue weighted by Crippen LogP contribution is -2.35. The van der Waals surface area contributed by atoms with E-state index in [-0.39, 0.29) is 5.91 Å². The van der Waals surface area contributed by atoms with Gasteiger partial charge in [-0.05, 0) is 61.9 Å². The van der Waals surface area contributed by atoms with E-state index in [2.05, 4.69) is 66.9 Å². The van der Waals surface area contributed by atoms with Crippen LogP contribution in [0.1, 0.15) is 35.6 Å². The summed E-state index contributed by atoms with van der Waals surface area (Å²) >= 11 is 0. The predicted molar refractivity (Wildman–Crippen MR) is 202 cm³/mol. The first-order valence-corrected chi connectivity index (χ1v) is 17.0. The Morgan fingerprint density at radius 1 is 0.490 bits per heavy atom. The number of carbonyl (C=O) groups excluding carboxylic acids is 1. The van der Waals surface area contributed by atoms with Gasteiger partial charge >= 0.3 is 0 Å². The van der Waals surface area contributed by atoms with Crippen LogP contribution in [0.4, 0.5) is 0 Å². The molecule has 3 aromatic heterocycles. The van der Waals surface area contributed by atoms with E-state index in [1.54, 1.807) is 4.57 Å². The predicted octanol–water partition coefficient (Wildman–Crippen LogP) is 9.65. The van der Waals surface area contributed by atoms with Gasteiger partial charge in [-0.1, -0.05) is 103 Å². The molecule has 0 spiro atoms. The quantitative estimate of drug-likeness (QED) is 0.188. The van der Waals surface area contributed by atoms with E-state index in [1.807, 2.05) is 97.1 Å². The van der Waals surface area contributed by atoms with E-state index in [4.69, 9.17) is 19.9 Å². The van der Waals surface area contributed by atoms with Gasteiger partial charge in [-0.25, -0.2) is 19.9 Å². The van der Waals surface area contributed by atoms with Crippen molar-refractivity contribution in [1.82, 2.24) is 29.1 Å². The molecule has 242 valence electrons. The molecule has 0 bridgehead atoms. The minimum atomic E-state index is -0.495. The number of benzene rings is 6. The fourth-order valence-corrected chi connectivity index (χ4v) is 7.60. The lowest BCUT2D eigenvalue weighted by molar-refractivity contribution is 0.0948. The minimum Gasteiger partial charge on any atom is -0.309 e. The van der Waals surface area contributed by atoms with E-state index in [9.17, 15) is 4.79 Å². The Bertz CT molecular complexity index is 2790. The first-order valence-electron chi connectivity index (χ1n) is 17.0. The molecule has 9 aromatic rings. The highest BCUT2D eigenvalue weighted by Crippen LogP contribution is 2.44. The second-order valence-corrected chi connectivity index (χ2v) is 13.5. The Morgan fingerprint density at radius 3 is 1.78 bits per heavy atom. The van der Waals surface area contributed by atoms with Gasteiger partial charge in [-0.2, -0.15) is 0 Å². The van der Waals surface area contributed by atoms with Crippen molar-refractivity contribution in [3.63, 3.8) is 0 Å². The van der Waals surface area contributed by atoms with Gasteiger partial charge in [0.25, 0.3) is 5.91 Å². The summed E-state index contributed by atoms with van der Waals surface area (Å²) in [6, 6.07) is 48.8. The normalized spacial score (nSPS) is 13.5. The topological polar surface area (TPSA) is 78.5 Å². The van der Waals surface area contributed by atoms with Crippen LogP contribution in [-0.4, -0.2) is 35.0 Å². The maximum atomic E-state index is 14.4. The summed E-state index contributed by atoms with van der Waals surface area (Å²) in [6.07, 6.45) is 0. The Balaban J connectivity index is 1.18. The summed E-state index contributed by atoms with van der Waals surface area (Å²) in [4.78, 5) is 34.2. The SMILES string of the molecule is CC1(C)c2cc3c4ccccc4n(-c4cccc(-c5nc(-c6ccccc6)nc(-c6ccccc6)n5)c4)c3cc2C(=O)n2c1nc1ccccc12. The second kappa shape index (κ2) is 10.9. The van der Waals surface area contributed by atoms with Gasteiger partial charge in [0.2, 0.25) is 0 Å². The number of carbonyl (C=O) groups is 1. The van der Waals surface area contributed by atoms with Crippen LogP contribution in [0.25, 0.3) is 72.7 Å². The lowest BCUT2D eigenvalue weighted by atomic mass is 9.77. The zero-order valence-corrected chi connectivity index (χ0v) is 27.9. The van der Waals surface area contributed by atoms with Crippen LogP contribution in [0.2, 0.25) is 0 Å². The van der Waals surface area contributed by atoms with Crippen molar-refractivity contribution in [3.8, 4) is 39.9 Å². The molecule has 0 saturated carbocycles. The molecular formula is C44H30N6O. The van der Waals surface area contributed by atoms with Crippen molar-refractivity contribution in [3.05, 3.63) is 163 Å². The summed E-state index contributed by atoms with van der Waals surface area (Å²) in [5, 5.41) is 2.19. The maximum absolute atomic E-state index is 14.4. The second-order valence-electron chi connectivity index (χ2n) is 13.5. The molecule has 0 fully saturated rings. The van der Waals surface area contributed by atoms with Crippen LogP contribution in [-0.2, 0) is 5.41 Å². The average Bonchev–Trinajstić information content (AvgIpc) is 3.74. The number of aromatic nitrogens is 6. The van der Waals surface area contributed by atoms with Gasteiger partial charge in [0.1, 0.15) is 5.82 Å². The largest absolute Gasteiger partial charge is 0.309 e. The van der Waals surface area contributed by atoms with E-state index in [0.717, 1.165) is 66.6 Å². The zero-order valence-electron chi connectivity index (χ0n) is 27.9. The monoisotopic (exact) mass is 658 g/mol. The van der Waals surface area contributed by atoms with Crippen molar-refractivity contribution < 1.29 is 4.79 Å². The van der Waals surface area contributed by atoms with Crippen LogP contribution < -0.4 is 0 Å². The van der Waals surface area contributed by atoms with Crippen LogP contribution >= 0.6 is 0 Å². The highest BCUT2D eigenvalue weighted by Gasteiger charge is 2.40. The fourth-order valence-electron chi connectivity index (χ4n) is 7.60. The molecule has 7 nitrogen and oxygen atoms in total. The van der Waals surface area contributed by atoms with Gasteiger partial charge < -0.3 is 4.57 Å². The smallest absolute Gasteiger partial charge is 0.264 e. The third-order valence-electron chi connectivity index (χ3n) is 10.1. The molecule has 7 heteroatoms. The summed E-state index contributed by atoms with van der Waals surface area (Å²) in [5.41, 5.74) is 8.46. The molecule has 0 N–H and O–H groups in total. The number of hydrogen-bond donors (Lipinski definition) is 0. The van der Waals surface area contributed by atoms with Crippen LogP contribution in [0.5, 0.6) is 0 Å². The minimum absolute atomic E-state index is 0.0625. The van der Waals surface area contributed by atoms with E-state index < -0.39 is 5.41 Å². The van der Waals surface area contributed by atoms with Crippen LogP contribution in [0.15, 0.2) is 146 Å². The van der Waals surface area contributed by atoms with Gasteiger partial charge in [0, 0.05) is 44.1 Å². The standard InChI is InChI=1S/C44H30N6O/c1-44(2)34-25-32-31-20-9-11-22-36(31)49(38(32)26-33(34)42(51)50-37-23-12-10-21-35(37)45-43(44)50)30-19-13-18-29(24-30)41-47-39(27-14-5-3-6-15-27)46-40(48-41)28-16-7-4-8-17-28/h3-26H,1-2H3. The van der Waals surface area contributed by atoms with E-state index in [1.165, 1.54) is 0 Å². The highest BCUT2D eigenvalue weighted by atomic mass is 16.2. The molecule has 0 unspecified atom stereocenters. The summed E-state index contributed by atoms with van der Waals surface area (Å²) in [6.45, 7) is 4.32. The average molecular weight is 659 g/mol. The van der Waals surface area contributed by atoms with Crippen molar-refractivity contribution in [2.75, 3.05) is 0 Å². The lowest BCUT2D eigenvalue weighted by Gasteiger charge is -2.32. The molecule has 1 aliphatic heterocycles. The molecule has 0 atom stereocenters. The third kappa shape index (κ3) is 4.41. The summed E-state index contributed by atoms with van der Waals surface area (Å²) in [7, 11) is 0. The van der Waals surface area contributed by atoms with Crippen LogP contribution in [0.3, 0.4) is 0 Å². The van der Waals surface area contributed by atoms with Gasteiger partial charge in [0.15, 0.2) is 17.5 Å². The Morgan fingerprint density at radius 2 is 1.08 bits per heavy atom. The number of para-hydroxylation sites is 3. The van der Waals surface area contributed by atoms with Crippen molar-refractivity contribution in [2.45, 2.75) is 19.3 Å². The highest BCUT2D eigenvalue weighted by molar-refractivity contribution is 6.14. The molecule has 51 heavy (non-hydrogen) atoms. The van der Waals surface area contributed by atoms with Crippen molar-refractivity contribution in [1.29, 1.82) is 0 Å². The van der Waals surface area contributed by atoms with Gasteiger partial charge in [-0.3, -0.25) is 9.36 Å². The zero-order chi connectivity index (χ0) is 34.3. The number of nitrogens with zero attached hydrogens (tertiary/aromatic N) is 6. The molecule has 10 rings (SSSR count). The summed E-state index contributed by atoms with van der Waals surface area (Å²) < 4.78 is 4.04. The van der Waals surface area contributed by atoms with Gasteiger partial charge in [0.05, 0.1) is 22.1 Å². The first kappa shape index (κ1) is 29.2.